The molecule has 3 aromatic rings. The molecule has 3 rings (SSSR count). The van der Waals surface area contributed by atoms with Crippen LogP contribution >= 0.6 is 0 Å². The predicted molar refractivity (Wildman–Crippen MR) is 109 cm³/mol. The van der Waals surface area contributed by atoms with Gasteiger partial charge in [0.15, 0.2) is 0 Å². The summed E-state index contributed by atoms with van der Waals surface area (Å²) in [4.78, 5) is 28.1. The van der Waals surface area contributed by atoms with Crippen LogP contribution in [0.25, 0.3) is 22.2 Å². The van der Waals surface area contributed by atoms with Crippen molar-refractivity contribution in [2.24, 2.45) is 0 Å². The zero-order chi connectivity index (χ0) is 20.6. The highest BCUT2D eigenvalue weighted by Gasteiger charge is 2.21. The minimum atomic E-state index is -0.396. The van der Waals surface area contributed by atoms with Crippen molar-refractivity contribution in [3.05, 3.63) is 53.9 Å². The highest BCUT2D eigenvalue weighted by molar-refractivity contribution is 6.07. The molecule has 0 unspecified atom stereocenters. The summed E-state index contributed by atoms with van der Waals surface area (Å²) in [6, 6.07) is 6.06. The standard InChI is InChI=1S/C22H25FN4O/c1-13(2)27(6)20(28)17-10-18(26-19-9-15(23)7-8-16(17)19)14-11-24-21(25-12-14)22(3,4)5/h7-13H,1-6H3. The summed E-state index contributed by atoms with van der Waals surface area (Å²) in [6.07, 6.45) is 3.39. The minimum absolute atomic E-state index is 0.0361. The van der Waals surface area contributed by atoms with Crippen LogP contribution in [0.2, 0.25) is 0 Å². The van der Waals surface area contributed by atoms with Crippen LogP contribution in [-0.2, 0) is 5.41 Å². The number of pyridine rings is 1. The lowest BCUT2D eigenvalue weighted by Gasteiger charge is -2.22. The first kappa shape index (κ1) is 19.9. The van der Waals surface area contributed by atoms with E-state index in [1.54, 1.807) is 36.5 Å². The minimum Gasteiger partial charge on any atom is -0.339 e. The van der Waals surface area contributed by atoms with Crippen molar-refractivity contribution in [2.45, 2.75) is 46.1 Å². The molecule has 28 heavy (non-hydrogen) atoms. The van der Waals surface area contributed by atoms with Crippen LogP contribution < -0.4 is 0 Å². The molecular formula is C22H25FN4O. The molecule has 0 aliphatic carbocycles. The summed E-state index contributed by atoms with van der Waals surface area (Å²) in [7, 11) is 1.75. The lowest BCUT2D eigenvalue weighted by Crippen LogP contribution is -2.33. The van der Waals surface area contributed by atoms with Crippen LogP contribution in [0.3, 0.4) is 0 Å². The van der Waals surface area contributed by atoms with Crippen molar-refractivity contribution in [1.29, 1.82) is 0 Å². The Labute approximate surface area is 164 Å². The number of benzene rings is 1. The number of rotatable bonds is 3. The van der Waals surface area contributed by atoms with Gasteiger partial charge in [0.25, 0.3) is 5.91 Å². The van der Waals surface area contributed by atoms with Crippen LogP contribution in [0.4, 0.5) is 4.39 Å². The van der Waals surface area contributed by atoms with Gasteiger partial charge in [-0.2, -0.15) is 0 Å². The van der Waals surface area contributed by atoms with Crippen molar-refractivity contribution in [3.63, 3.8) is 0 Å². The molecule has 0 spiro atoms. The monoisotopic (exact) mass is 380 g/mol. The lowest BCUT2D eigenvalue weighted by atomic mass is 9.95. The molecule has 0 saturated carbocycles. The second-order valence-electron chi connectivity index (χ2n) is 8.27. The Kier molecular flexibility index (Phi) is 5.15. The summed E-state index contributed by atoms with van der Waals surface area (Å²) in [6.45, 7) is 10.0. The average molecular weight is 380 g/mol. The molecule has 0 N–H and O–H groups in total. The highest BCUT2D eigenvalue weighted by atomic mass is 19.1. The fourth-order valence-corrected chi connectivity index (χ4v) is 2.80. The average Bonchev–Trinajstić information content (AvgIpc) is 2.65. The Morgan fingerprint density at radius 1 is 1.11 bits per heavy atom. The molecule has 0 aliphatic rings. The number of hydrogen-bond donors (Lipinski definition) is 0. The number of carbonyl (C=O) groups excluding carboxylic acids is 1. The third kappa shape index (κ3) is 3.86. The largest absolute Gasteiger partial charge is 0.339 e. The fourth-order valence-electron chi connectivity index (χ4n) is 2.80. The van der Waals surface area contributed by atoms with E-state index in [-0.39, 0.29) is 17.4 Å². The SMILES string of the molecule is CC(C)N(C)C(=O)c1cc(-c2cnc(C(C)(C)C)nc2)nc2cc(F)ccc12. The topological polar surface area (TPSA) is 59.0 Å². The van der Waals surface area contributed by atoms with Gasteiger partial charge in [0.2, 0.25) is 0 Å². The first-order valence-electron chi connectivity index (χ1n) is 9.28. The van der Waals surface area contributed by atoms with Crippen LogP contribution in [0.15, 0.2) is 36.7 Å². The molecule has 6 heteroatoms. The quantitative estimate of drug-likeness (QED) is 0.666. The van der Waals surface area contributed by atoms with Crippen LogP contribution in [0.5, 0.6) is 0 Å². The Morgan fingerprint density at radius 2 is 1.75 bits per heavy atom. The molecule has 1 amide bonds. The van der Waals surface area contributed by atoms with Gasteiger partial charge in [0, 0.05) is 47.9 Å². The summed E-state index contributed by atoms with van der Waals surface area (Å²) in [5.74, 6) is 0.188. The molecule has 0 bridgehead atoms. The van der Waals surface area contributed by atoms with Gasteiger partial charge < -0.3 is 4.90 Å². The molecule has 0 aliphatic heterocycles. The molecule has 5 nitrogen and oxygen atoms in total. The van der Waals surface area contributed by atoms with E-state index in [1.165, 1.54) is 12.1 Å². The number of hydrogen-bond acceptors (Lipinski definition) is 4. The molecule has 2 heterocycles. The Balaban J connectivity index is 2.17. The van der Waals surface area contributed by atoms with E-state index in [0.29, 0.717) is 27.7 Å². The van der Waals surface area contributed by atoms with E-state index in [9.17, 15) is 9.18 Å². The van der Waals surface area contributed by atoms with Crippen molar-refractivity contribution in [3.8, 4) is 11.3 Å². The third-order valence-electron chi connectivity index (χ3n) is 4.72. The Morgan fingerprint density at radius 3 is 2.32 bits per heavy atom. The number of aromatic nitrogens is 3. The van der Waals surface area contributed by atoms with E-state index < -0.39 is 5.82 Å². The Bertz CT molecular complexity index is 1020. The summed E-state index contributed by atoms with van der Waals surface area (Å²) in [5, 5.41) is 0.620. The number of halogens is 1. The van der Waals surface area contributed by atoms with Crippen molar-refractivity contribution in [1.82, 2.24) is 19.9 Å². The first-order chi connectivity index (χ1) is 13.1. The van der Waals surface area contributed by atoms with Gasteiger partial charge in [0.1, 0.15) is 11.6 Å². The Hall–Kier alpha value is -2.89. The smallest absolute Gasteiger partial charge is 0.254 e. The van der Waals surface area contributed by atoms with E-state index in [1.807, 2.05) is 34.6 Å². The highest BCUT2D eigenvalue weighted by Crippen LogP contribution is 2.27. The predicted octanol–water partition coefficient (Wildman–Crippen LogP) is 4.61. The second-order valence-corrected chi connectivity index (χ2v) is 8.27. The van der Waals surface area contributed by atoms with Gasteiger partial charge in [-0.05, 0) is 32.0 Å². The number of fused-ring (bicyclic) bond motifs is 1. The normalized spacial score (nSPS) is 11.9. The van der Waals surface area contributed by atoms with Gasteiger partial charge in [-0.15, -0.1) is 0 Å². The van der Waals surface area contributed by atoms with Gasteiger partial charge in [0.05, 0.1) is 16.8 Å². The summed E-state index contributed by atoms with van der Waals surface area (Å²) < 4.78 is 13.8. The molecule has 0 fully saturated rings. The van der Waals surface area contributed by atoms with Crippen molar-refractivity contribution < 1.29 is 9.18 Å². The van der Waals surface area contributed by atoms with Gasteiger partial charge in [-0.25, -0.2) is 19.3 Å². The number of carbonyl (C=O) groups is 1. The zero-order valence-electron chi connectivity index (χ0n) is 17.1. The van der Waals surface area contributed by atoms with Crippen LogP contribution in [0, 0.1) is 5.82 Å². The van der Waals surface area contributed by atoms with E-state index in [0.717, 1.165) is 5.82 Å². The van der Waals surface area contributed by atoms with E-state index in [2.05, 4.69) is 15.0 Å². The first-order valence-corrected chi connectivity index (χ1v) is 9.28. The molecule has 0 radical (unpaired) electrons. The molecule has 1 aromatic carbocycles. The molecule has 146 valence electrons. The number of nitrogens with zero attached hydrogens (tertiary/aromatic N) is 4. The van der Waals surface area contributed by atoms with Crippen LogP contribution in [0.1, 0.15) is 50.8 Å². The van der Waals surface area contributed by atoms with Crippen LogP contribution in [-0.4, -0.2) is 38.8 Å². The maximum absolute atomic E-state index is 13.8. The van der Waals surface area contributed by atoms with E-state index >= 15 is 0 Å². The summed E-state index contributed by atoms with van der Waals surface area (Å²) >= 11 is 0. The third-order valence-corrected chi connectivity index (χ3v) is 4.72. The molecule has 2 aromatic heterocycles. The zero-order valence-corrected chi connectivity index (χ0v) is 17.1. The molecular weight excluding hydrogens is 355 g/mol. The summed E-state index contributed by atoms with van der Waals surface area (Å²) in [5.41, 5.74) is 1.97. The number of amides is 1. The van der Waals surface area contributed by atoms with Crippen molar-refractivity contribution in [2.75, 3.05) is 7.05 Å². The van der Waals surface area contributed by atoms with Crippen molar-refractivity contribution >= 4 is 16.8 Å². The lowest BCUT2D eigenvalue weighted by molar-refractivity contribution is 0.0757. The maximum atomic E-state index is 13.8. The van der Waals surface area contributed by atoms with Gasteiger partial charge >= 0.3 is 0 Å². The van der Waals surface area contributed by atoms with Gasteiger partial charge in [-0.3, -0.25) is 4.79 Å². The maximum Gasteiger partial charge on any atom is 0.254 e. The molecule has 0 atom stereocenters. The second kappa shape index (κ2) is 7.26. The molecule has 0 saturated heterocycles. The van der Waals surface area contributed by atoms with Gasteiger partial charge in [-0.1, -0.05) is 20.8 Å². The fraction of sp³-hybridized carbons (Fsp3) is 0.364. The van der Waals surface area contributed by atoms with E-state index in [4.69, 9.17) is 0 Å².